The molecule has 0 bridgehead atoms. The minimum absolute atomic E-state index is 0.0267. The fourth-order valence-electron chi connectivity index (χ4n) is 1.38. The number of aromatic carboxylic acids is 1. The van der Waals surface area contributed by atoms with E-state index >= 15 is 0 Å². The van der Waals surface area contributed by atoms with Gasteiger partial charge in [-0.15, -0.1) is 0 Å². The summed E-state index contributed by atoms with van der Waals surface area (Å²) in [6.45, 7) is 0. The third-order valence-electron chi connectivity index (χ3n) is 2.28. The molecule has 8 heteroatoms. The highest BCUT2D eigenvalue weighted by atomic mass is 79.9. The lowest BCUT2D eigenvalue weighted by molar-refractivity contribution is 0.0695. The minimum Gasteiger partial charge on any atom is -0.478 e. The van der Waals surface area contributed by atoms with E-state index in [0.29, 0.717) is 9.37 Å². The first-order chi connectivity index (χ1) is 8.70. The monoisotopic (exact) mass is 368 g/mol. The summed E-state index contributed by atoms with van der Waals surface area (Å²) in [5, 5.41) is 8.95. The lowest BCUT2D eigenvalue weighted by Crippen LogP contribution is -2.08. The molecule has 1 aromatic rings. The fraction of sp³-hybridized carbons (Fsp3) is 0.364. The molecule has 0 aliphatic carbocycles. The molecule has 0 aromatic heterocycles. The van der Waals surface area contributed by atoms with Crippen molar-refractivity contribution in [2.24, 2.45) is 0 Å². The van der Waals surface area contributed by atoms with Crippen molar-refractivity contribution in [3.05, 3.63) is 28.2 Å². The average Bonchev–Trinajstić information content (AvgIpc) is 2.27. The molecule has 0 fully saturated rings. The molecule has 106 valence electrons. The zero-order valence-electron chi connectivity index (χ0n) is 10.1. The second kappa shape index (κ2) is 6.62. The predicted octanol–water partition coefficient (Wildman–Crippen LogP) is 1.69. The Kier molecular flexibility index (Phi) is 5.69. The van der Waals surface area contributed by atoms with Gasteiger partial charge in [0.2, 0.25) is 0 Å². The second-order valence-electron chi connectivity index (χ2n) is 3.98. The van der Waals surface area contributed by atoms with Crippen molar-refractivity contribution in [2.75, 3.05) is 17.8 Å². The number of rotatable bonds is 6. The molecule has 0 aliphatic heterocycles. The first-order valence-electron chi connectivity index (χ1n) is 5.29. The van der Waals surface area contributed by atoms with E-state index in [0.717, 1.165) is 6.26 Å². The number of sulfone groups is 1. The van der Waals surface area contributed by atoms with Crippen LogP contribution in [0, 0.1) is 0 Å². The molecule has 5 nitrogen and oxygen atoms in total. The van der Waals surface area contributed by atoms with Crippen LogP contribution in [0.3, 0.4) is 0 Å². The maximum atomic E-state index is 11.9. The largest absolute Gasteiger partial charge is 0.478 e. The van der Waals surface area contributed by atoms with Gasteiger partial charge in [0.25, 0.3) is 0 Å². The predicted molar refractivity (Wildman–Crippen MR) is 76.7 cm³/mol. The summed E-state index contributed by atoms with van der Waals surface area (Å²) in [7, 11) is -4.47. The number of carboxylic acids is 1. The van der Waals surface area contributed by atoms with Crippen molar-refractivity contribution >= 4 is 42.5 Å². The smallest absolute Gasteiger partial charge is 0.336 e. The molecular formula is C11H13BrO5S2. The zero-order valence-corrected chi connectivity index (χ0v) is 13.3. The van der Waals surface area contributed by atoms with Crippen LogP contribution in [0.15, 0.2) is 27.6 Å². The highest BCUT2D eigenvalue weighted by Crippen LogP contribution is 2.20. The summed E-state index contributed by atoms with van der Waals surface area (Å²) in [5.41, 5.74) is 0.0361. The lowest BCUT2D eigenvalue weighted by atomic mass is 10.2. The molecule has 1 rings (SSSR count). The Morgan fingerprint density at radius 1 is 1.42 bits per heavy atom. The molecule has 0 spiro atoms. The van der Waals surface area contributed by atoms with Crippen molar-refractivity contribution in [1.82, 2.24) is 0 Å². The number of hydrogen-bond donors (Lipinski definition) is 1. The van der Waals surface area contributed by atoms with E-state index in [-0.39, 0.29) is 23.5 Å². The normalized spacial score (nSPS) is 13.2. The van der Waals surface area contributed by atoms with E-state index in [1.807, 2.05) is 0 Å². The number of hydrogen-bond acceptors (Lipinski definition) is 4. The van der Waals surface area contributed by atoms with Crippen molar-refractivity contribution in [3.63, 3.8) is 0 Å². The molecule has 0 aliphatic rings. The van der Waals surface area contributed by atoms with E-state index in [9.17, 15) is 17.4 Å². The Labute approximate surface area is 122 Å². The van der Waals surface area contributed by atoms with E-state index < -0.39 is 26.6 Å². The van der Waals surface area contributed by atoms with Gasteiger partial charge >= 0.3 is 5.97 Å². The van der Waals surface area contributed by atoms with E-state index in [1.54, 1.807) is 6.07 Å². The minimum atomic E-state index is -3.07. The van der Waals surface area contributed by atoms with Gasteiger partial charge in [-0.2, -0.15) is 0 Å². The third-order valence-corrected chi connectivity index (χ3v) is 5.44. The summed E-state index contributed by atoms with van der Waals surface area (Å²) in [4.78, 5) is 11.3. The first kappa shape index (κ1) is 16.3. The number of carboxylic acid groups (broad SMARTS) is 1. The molecule has 0 amide bonds. The number of halogens is 1. The van der Waals surface area contributed by atoms with Crippen LogP contribution in [0.2, 0.25) is 0 Å². The summed E-state index contributed by atoms with van der Waals surface area (Å²) >= 11 is 3.10. The van der Waals surface area contributed by atoms with Crippen LogP contribution in [-0.4, -0.2) is 41.5 Å². The molecule has 1 unspecified atom stereocenters. The molecule has 0 saturated heterocycles. The van der Waals surface area contributed by atoms with Crippen molar-refractivity contribution in [2.45, 2.75) is 11.3 Å². The molecule has 19 heavy (non-hydrogen) atoms. The summed E-state index contributed by atoms with van der Waals surface area (Å²) in [5.74, 6) is -0.948. The van der Waals surface area contributed by atoms with Crippen LogP contribution in [0.25, 0.3) is 0 Å². The molecule has 0 saturated carbocycles. The van der Waals surface area contributed by atoms with E-state index in [1.165, 1.54) is 12.1 Å². The quantitative estimate of drug-likeness (QED) is 0.825. The van der Waals surface area contributed by atoms with Gasteiger partial charge < -0.3 is 5.11 Å². The SMILES string of the molecule is CS(=O)(=O)CCCS(=O)c1ccc(Br)c(C(=O)O)c1. The van der Waals surface area contributed by atoms with Crippen LogP contribution >= 0.6 is 15.9 Å². The van der Waals surface area contributed by atoms with Gasteiger partial charge in [-0.25, -0.2) is 13.2 Å². The van der Waals surface area contributed by atoms with Crippen molar-refractivity contribution in [1.29, 1.82) is 0 Å². The topological polar surface area (TPSA) is 88.5 Å². The van der Waals surface area contributed by atoms with Gasteiger partial charge in [0.1, 0.15) is 9.84 Å². The van der Waals surface area contributed by atoms with Crippen LogP contribution in [0.4, 0.5) is 0 Å². The maximum Gasteiger partial charge on any atom is 0.336 e. The first-order valence-corrected chi connectivity index (χ1v) is 9.47. The highest BCUT2D eigenvalue weighted by Gasteiger charge is 2.13. The van der Waals surface area contributed by atoms with Gasteiger partial charge in [-0.05, 0) is 40.5 Å². The standard InChI is InChI=1S/C11H13BrO5S2/c1-19(16,17)6-2-5-18(15)8-3-4-10(12)9(7-8)11(13)14/h3-4,7H,2,5-6H2,1H3,(H,13,14). The van der Waals surface area contributed by atoms with Crippen LogP contribution in [-0.2, 0) is 20.6 Å². The average molecular weight is 369 g/mol. The van der Waals surface area contributed by atoms with E-state index in [4.69, 9.17) is 5.11 Å². The Balaban J connectivity index is 2.78. The molecular weight excluding hydrogens is 356 g/mol. The van der Waals surface area contributed by atoms with Gasteiger partial charge in [0.15, 0.2) is 0 Å². The Bertz CT molecular complexity index is 610. The molecule has 1 atom stereocenters. The van der Waals surface area contributed by atoms with Crippen LogP contribution in [0.1, 0.15) is 16.8 Å². The molecule has 1 aromatic carbocycles. The Morgan fingerprint density at radius 3 is 2.58 bits per heavy atom. The van der Waals surface area contributed by atoms with Crippen molar-refractivity contribution < 1.29 is 22.5 Å². The number of benzene rings is 1. The summed E-state index contributed by atoms with van der Waals surface area (Å²) < 4.78 is 34.2. The fourth-order valence-corrected chi connectivity index (χ4v) is 3.76. The van der Waals surface area contributed by atoms with Crippen molar-refractivity contribution in [3.8, 4) is 0 Å². The molecule has 0 heterocycles. The van der Waals surface area contributed by atoms with Crippen LogP contribution in [0.5, 0.6) is 0 Å². The highest BCUT2D eigenvalue weighted by molar-refractivity contribution is 9.10. The summed E-state index contributed by atoms with van der Waals surface area (Å²) in [6.07, 6.45) is 1.40. The number of carbonyl (C=O) groups is 1. The Morgan fingerprint density at radius 2 is 2.05 bits per heavy atom. The molecule has 0 radical (unpaired) electrons. The van der Waals surface area contributed by atoms with Gasteiger partial charge in [-0.1, -0.05) is 0 Å². The zero-order chi connectivity index (χ0) is 14.6. The Hall–Kier alpha value is -0.730. The van der Waals surface area contributed by atoms with Gasteiger partial charge in [0.05, 0.1) is 22.1 Å². The second-order valence-corrected chi connectivity index (χ2v) is 8.66. The molecule has 1 N–H and O–H groups in total. The van der Waals surface area contributed by atoms with E-state index in [2.05, 4.69) is 15.9 Å². The lowest BCUT2D eigenvalue weighted by Gasteiger charge is -2.05. The maximum absolute atomic E-state index is 11.9. The third kappa shape index (κ3) is 5.42. The summed E-state index contributed by atoms with van der Waals surface area (Å²) in [6, 6.07) is 4.42. The van der Waals surface area contributed by atoms with Gasteiger partial charge in [-0.3, -0.25) is 4.21 Å². The van der Waals surface area contributed by atoms with Gasteiger partial charge in [0, 0.05) is 21.4 Å². The van der Waals surface area contributed by atoms with Crippen LogP contribution < -0.4 is 0 Å².